The van der Waals surface area contributed by atoms with Crippen molar-refractivity contribution in [1.29, 1.82) is 0 Å². The van der Waals surface area contributed by atoms with Crippen molar-refractivity contribution >= 4 is 17.3 Å². The summed E-state index contributed by atoms with van der Waals surface area (Å²) in [6.45, 7) is 0.175. The molecule has 2 heterocycles. The Bertz CT molecular complexity index is 1390. The first kappa shape index (κ1) is 20.3. The van der Waals surface area contributed by atoms with Crippen molar-refractivity contribution in [2.75, 3.05) is 0 Å². The highest BCUT2D eigenvalue weighted by Gasteiger charge is 2.05. The van der Waals surface area contributed by atoms with Crippen molar-refractivity contribution in [1.82, 2.24) is 19.5 Å². The number of aromatic nitrogens is 4. The lowest BCUT2D eigenvalue weighted by atomic mass is 10.2. The third-order valence-electron chi connectivity index (χ3n) is 4.18. The molecular formula is C21H15ClFN5O3. The van der Waals surface area contributed by atoms with Gasteiger partial charge in [-0.05, 0) is 48.0 Å². The summed E-state index contributed by atoms with van der Waals surface area (Å²) >= 11 is 5.90. The third kappa shape index (κ3) is 5.14. The van der Waals surface area contributed by atoms with E-state index in [2.05, 4.69) is 19.9 Å². The monoisotopic (exact) mass is 439 g/mol. The van der Waals surface area contributed by atoms with Crippen molar-refractivity contribution in [2.24, 2.45) is 4.99 Å². The first-order valence-corrected chi connectivity index (χ1v) is 9.47. The zero-order valence-corrected chi connectivity index (χ0v) is 16.6. The molecule has 0 aliphatic heterocycles. The summed E-state index contributed by atoms with van der Waals surface area (Å²) < 4.78 is 20.0. The van der Waals surface area contributed by atoms with Crippen molar-refractivity contribution in [2.45, 2.75) is 6.54 Å². The minimum atomic E-state index is -0.673. The highest BCUT2D eigenvalue weighted by molar-refractivity contribution is 6.30. The van der Waals surface area contributed by atoms with Gasteiger partial charge < -0.3 is 4.74 Å². The highest BCUT2D eigenvalue weighted by atomic mass is 35.5. The van der Waals surface area contributed by atoms with E-state index in [0.717, 1.165) is 5.56 Å². The van der Waals surface area contributed by atoms with Gasteiger partial charge in [-0.2, -0.15) is 9.37 Å². The van der Waals surface area contributed by atoms with Gasteiger partial charge in [0.2, 0.25) is 17.4 Å². The Morgan fingerprint density at radius 3 is 2.45 bits per heavy atom. The number of aromatic amines is 2. The SMILES string of the molecule is O=c1[nH]c(=O)n(Cc2ccc(Cl)cc2)/c(=N/c2ccc(Oc3cccc(F)n3)cc2)[nH]1. The van der Waals surface area contributed by atoms with Crippen molar-refractivity contribution in [3.05, 3.63) is 110 Å². The van der Waals surface area contributed by atoms with Crippen molar-refractivity contribution in [3.8, 4) is 11.6 Å². The Kier molecular flexibility index (Phi) is 5.76. The van der Waals surface area contributed by atoms with Crippen LogP contribution in [0.25, 0.3) is 0 Å². The van der Waals surface area contributed by atoms with E-state index in [1.807, 2.05) is 0 Å². The van der Waals surface area contributed by atoms with Crippen LogP contribution in [0.3, 0.4) is 0 Å². The molecule has 0 fully saturated rings. The fraction of sp³-hybridized carbons (Fsp3) is 0.0476. The molecule has 4 aromatic rings. The minimum Gasteiger partial charge on any atom is -0.439 e. The third-order valence-corrected chi connectivity index (χ3v) is 4.44. The molecular weight excluding hydrogens is 425 g/mol. The van der Waals surface area contributed by atoms with Gasteiger partial charge in [0.15, 0.2) is 0 Å². The molecule has 4 rings (SSSR count). The highest BCUT2D eigenvalue weighted by Crippen LogP contribution is 2.22. The molecule has 0 unspecified atom stereocenters. The normalized spacial score (nSPS) is 11.5. The number of H-pyrrole nitrogens is 2. The lowest BCUT2D eigenvalue weighted by Crippen LogP contribution is -2.44. The number of rotatable bonds is 5. The maximum Gasteiger partial charge on any atom is 0.332 e. The van der Waals surface area contributed by atoms with E-state index in [1.54, 1.807) is 48.5 Å². The maximum atomic E-state index is 13.2. The zero-order chi connectivity index (χ0) is 21.8. The van der Waals surface area contributed by atoms with Crippen LogP contribution in [0.15, 0.2) is 81.3 Å². The molecule has 0 aliphatic rings. The molecule has 0 saturated carbocycles. The summed E-state index contributed by atoms with van der Waals surface area (Å²) in [6.07, 6.45) is 0. The van der Waals surface area contributed by atoms with E-state index < -0.39 is 17.3 Å². The minimum absolute atomic E-state index is 0.0733. The van der Waals surface area contributed by atoms with E-state index in [4.69, 9.17) is 16.3 Å². The van der Waals surface area contributed by atoms with E-state index >= 15 is 0 Å². The van der Waals surface area contributed by atoms with Crippen LogP contribution in [0.1, 0.15) is 5.56 Å². The van der Waals surface area contributed by atoms with E-state index in [9.17, 15) is 14.0 Å². The van der Waals surface area contributed by atoms with Gasteiger partial charge in [0.25, 0.3) is 0 Å². The first-order valence-electron chi connectivity index (χ1n) is 9.09. The number of benzene rings is 2. The molecule has 2 aromatic carbocycles. The van der Waals surface area contributed by atoms with Gasteiger partial charge in [-0.1, -0.05) is 29.8 Å². The molecule has 0 spiro atoms. The average Bonchev–Trinajstić information content (AvgIpc) is 2.73. The molecule has 0 bridgehead atoms. The van der Waals surface area contributed by atoms with Gasteiger partial charge in [-0.3, -0.25) is 14.5 Å². The quantitative estimate of drug-likeness (QED) is 0.466. The van der Waals surface area contributed by atoms with Crippen LogP contribution >= 0.6 is 11.6 Å². The lowest BCUT2D eigenvalue weighted by molar-refractivity contribution is 0.445. The van der Waals surface area contributed by atoms with Gasteiger partial charge >= 0.3 is 11.4 Å². The summed E-state index contributed by atoms with van der Waals surface area (Å²) in [5, 5.41) is 0.574. The summed E-state index contributed by atoms with van der Waals surface area (Å²) in [4.78, 5) is 36.9. The number of ether oxygens (including phenoxy) is 1. The number of hydrogen-bond donors (Lipinski definition) is 2. The molecule has 0 saturated heterocycles. The number of nitrogens with zero attached hydrogens (tertiary/aromatic N) is 3. The van der Waals surface area contributed by atoms with Crippen molar-refractivity contribution < 1.29 is 9.13 Å². The van der Waals surface area contributed by atoms with Crippen LogP contribution in [0.4, 0.5) is 10.1 Å². The maximum absolute atomic E-state index is 13.2. The summed E-state index contributed by atoms with van der Waals surface area (Å²) in [5.41, 5.74) is 0.0624. The summed E-state index contributed by atoms with van der Waals surface area (Å²) in [7, 11) is 0. The Morgan fingerprint density at radius 2 is 1.74 bits per heavy atom. The molecule has 0 radical (unpaired) electrons. The Morgan fingerprint density at radius 1 is 1.00 bits per heavy atom. The largest absolute Gasteiger partial charge is 0.439 e. The molecule has 0 amide bonds. The zero-order valence-electron chi connectivity index (χ0n) is 15.9. The second kappa shape index (κ2) is 8.80. The molecule has 2 N–H and O–H groups in total. The number of pyridine rings is 1. The van der Waals surface area contributed by atoms with Gasteiger partial charge in [-0.15, -0.1) is 0 Å². The number of halogens is 2. The fourth-order valence-corrected chi connectivity index (χ4v) is 2.87. The van der Waals surface area contributed by atoms with Crippen LogP contribution in [0.5, 0.6) is 11.6 Å². The predicted octanol–water partition coefficient (Wildman–Crippen LogP) is 3.13. The van der Waals surface area contributed by atoms with Gasteiger partial charge in [0.1, 0.15) is 5.75 Å². The van der Waals surface area contributed by atoms with Crippen LogP contribution in [-0.2, 0) is 6.54 Å². The average molecular weight is 440 g/mol. The lowest BCUT2D eigenvalue weighted by Gasteiger charge is -2.07. The molecule has 156 valence electrons. The molecule has 31 heavy (non-hydrogen) atoms. The number of hydrogen-bond acceptors (Lipinski definition) is 5. The first-order chi connectivity index (χ1) is 15.0. The fourth-order valence-electron chi connectivity index (χ4n) is 2.75. The summed E-state index contributed by atoms with van der Waals surface area (Å²) in [5.74, 6) is -0.109. The Labute approximate surface area is 179 Å². The second-order valence-electron chi connectivity index (χ2n) is 6.43. The smallest absolute Gasteiger partial charge is 0.332 e. The van der Waals surface area contributed by atoms with Crippen LogP contribution in [0.2, 0.25) is 5.02 Å². The molecule has 8 nitrogen and oxygen atoms in total. The Balaban J connectivity index is 1.65. The molecule has 0 atom stereocenters. The van der Waals surface area contributed by atoms with Crippen LogP contribution < -0.4 is 21.7 Å². The molecule has 2 aromatic heterocycles. The standard InChI is InChI=1S/C21H15ClFN5O3/c22-14-6-4-13(5-7-14)12-28-19(26-20(29)27-21(28)30)24-15-8-10-16(11-9-15)31-18-3-1-2-17(23)25-18/h1-11H,12H2,(H2,24,26,27,29,30). The summed E-state index contributed by atoms with van der Waals surface area (Å²) in [6, 6.07) is 17.7. The van der Waals surface area contributed by atoms with Crippen LogP contribution in [0, 0.1) is 5.95 Å². The van der Waals surface area contributed by atoms with E-state index in [-0.39, 0.29) is 18.0 Å². The second-order valence-corrected chi connectivity index (χ2v) is 6.86. The topological polar surface area (TPSA) is 105 Å². The Hall–Kier alpha value is -3.98. The van der Waals surface area contributed by atoms with Gasteiger partial charge in [0.05, 0.1) is 12.2 Å². The van der Waals surface area contributed by atoms with Crippen LogP contribution in [-0.4, -0.2) is 19.5 Å². The number of nitrogens with one attached hydrogen (secondary N) is 2. The predicted molar refractivity (Wildman–Crippen MR) is 112 cm³/mol. The van der Waals surface area contributed by atoms with Gasteiger partial charge in [0, 0.05) is 11.1 Å². The molecule has 0 aliphatic carbocycles. The van der Waals surface area contributed by atoms with Gasteiger partial charge in [-0.25, -0.2) is 14.6 Å². The van der Waals surface area contributed by atoms with Crippen molar-refractivity contribution in [3.63, 3.8) is 0 Å². The van der Waals surface area contributed by atoms with E-state index in [0.29, 0.717) is 16.5 Å². The van der Waals surface area contributed by atoms with E-state index in [1.165, 1.54) is 22.8 Å². The molecule has 10 heteroatoms.